The first-order valence-corrected chi connectivity index (χ1v) is 5.62. The van der Waals surface area contributed by atoms with Crippen molar-refractivity contribution in [3.63, 3.8) is 0 Å². The van der Waals surface area contributed by atoms with Crippen molar-refractivity contribution < 1.29 is 17.9 Å². The van der Waals surface area contributed by atoms with E-state index in [1.54, 1.807) is 6.92 Å². The van der Waals surface area contributed by atoms with Crippen molar-refractivity contribution in [2.24, 2.45) is 0 Å². The summed E-state index contributed by atoms with van der Waals surface area (Å²) in [6, 6.07) is -0.107. The molecule has 3 nitrogen and oxygen atoms in total. The lowest BCUT2D eigenvalue weighted by atomic mass is 10.0. The molecule has 17 heavy (non-hydrogen) atoms. The molecule has 2 rings (SSSR count). The first kappa shape index (κ1) is 12.4. The molecule has 1 aromatic rings. The Labute approximate surface area is 97.6 Å². The Morgan fingerprint density at radius 3 is 2.59 bits per heavy atom. The average molecular weight is 248 g/mol. The molecule has 96 valence electrons. The highest BCUT2D eigenvalue weighted by atomic mass is 19.4. The number of hydrogen-bond donors (Lipinski definition) is 0. The van der Waals surface area contributed by atoms with Crippen LogP contribution in [0.4, 0.5) is 13.2 Å². The van der Waals surface area contributed by atoms with E-state index < -0.39 is 11.9 Å². The first-order valence-electron chi connectivity index (χ1n) is 5.62. The van der Waals surface area contributed by atoms with Gasteiger partial charge in [-0.2, -0.15) is 18.3 Å². The van der Waals surface area contributed by atoms with Gasteiger partial charge in [-0.05, 0) is 27.2 Å². The monoisotopic (exact) mass is 248 g/mol. The Bertz CT molecular complexity index is 423. The van der Waals surface area contributed by atoms with Crippen molar-refractivity contribution in [3.05, 3.63) is 17.0 Å². The standard InChI is InChI=1S/C11H15F3N2O/c1-6(2)16-9-7(3)17-5-4-8(9)10(15-16)11(12,13)14/h6-7H,4-5H2,1-3H3. The van der Waals surface area contributed by atoms with Gasteiger partial charge in [-0.3, -0.25) is 4.68 Å². The van der Waals surface area contributed by atoms with Crippen LogP contribution in [0.3, 0.4) is 0 Å². The van der Waals surface area contributed by atoms with Crippen molar-refractivity contribution in [1.82, 2.24) is 9.78 Å². The van der Waals surface area contributed by atoms with Crippen LogP contribution in [0, 0.1) is 0 Å². The number of aromatic nitrogens is 2. The molecule has 2 heterocycles. The Morgan fingerprint density at radius 2 is 2.06 bits per heavy atom. The van der Waals surface area contributed by atoms with E-state index in [4.69, 9.17) is 4.74 Å². The maximum absolute atomic E-state index is 12.9. The van der Waals surface area contributed by atoms with Crippen LogP contribution < -0.4 is 0 Å². The molecule has 1 aromatic heterocycles. The molecule has 0 aliphatic carbocycles. The van der Waals surface area contributed by atoms with Crippen LogP contribution in [0.1, 0.15) is 49.9 Å². The number of hydrogen-bond acceptors (Lipinski definition) is 2. The Kier molecular flexibility index (Phi) is 2.93. The Balaban J connectivity index is 2.61. The minimum absolute atomic E-state index is 0.107. The lowest BCUT2D eigenvalue weighted by molar-refractivity contribution is -0.142. The van der Waals surface area contributed by atoms with Crippen LogP contribution in [0.5, 0.6) is 0 Å². The maximum Gasteiger partial charge on any atom is 0.435 e. The van der Waals surface area contributed by atoms with Gasteiger partial charge in [0.15, 0.2) is 5.69 Å². The van der Waals surface area contributed by atoms with E-state index in [1.165, 1.54) is 4.68 Å². The minimum Gasteiger partial charge on any atom is -0.372 e. The molecule has 0 saturated carbocycles. The zero-order valence-electron chi connectivity index (χ0n) is 10.0. The third-order valence-electron chi connectivity index (χ3n) is 2.91. The molecule has 0 aromatic carbocycles. The summed E-state index contributed by atoms with van der Waals surface area (Å²) in [7, 11) is 0. The highest BCUT2D eigenvalue weighted by molar-refractivity contribution is 5.32. The van der Waals surface area contributed by atoms with E-state index in [9.17, 15) is 13.2 Å². The number of rotatable bonds is 1. The predicted octanol–water partition coefficient (Wildman–Crippen LogP) is 3.12. The minimum atomic E-state index is -4.39. The molecule has 0 spiro atoms. The van der Waals surface area contributed by atoms with Gasteiger partial charge in [-0.1, -0.05) is 0 Å². The quantitative estimate of drug-likeness (QED) is 0.763. The summed E-state index contributed by atoms with van der Waals surface area (Å²) >= 11 is 0. The largest absolute Gasteiger partial charge is 0.435 e. The van der Waals surface area contributed by atoms with Crippen LogP contribution in [0.2, 0.25) is 0 Å². The molecule has 1 unspecified atom stereocenters. The van der Waals surface area contributed by atoms with E-state index in [-0.39, 0.29) is 18.6 Å². The second kappa shape index (κ2) is 4.01. The molecular weight excluding hydrogens is 233 g/mol. The van der Waals surface area contributed by atoms with Crippen molar-refractivity contribution in [2.75, 3.05) is 6.61 Å². The molecular formula is C11H15F3N2O. The maximum atomic E-state index is 12.9. The zero-order valence-corrected chi connectivity index (χ0v) is 10.0. The highest BCUT2D eigenvalue weighted by Gasteiger charge is 2.41. The van der Waals surface area contributed by atoms with Crippen LogP contribution in [0.15, 0.2) is 0 Å². The van der Waals surface area contributed by atoms with Crippen molar-refractivity contribution in [2.45, 2.75) is 45.5 Å². The number of halogens is 3. The smallest absolute Gasteiger partial charge is 0.372 e. The average Bonchev–Trinajstić information content (AvgIpc) is 2.57. The van der Waals surface area contributed by atoms with Crippen LogP contribution in [-0.2, 0) is 17.3 Å². The van der Waals surface area contributed by atoms with E-state index in [1.807, 2.05) is 13.8 Å². The van der Waals surface area contributed by atoms with Gasteiger partial charge >= 0.3 is 6.18 Å². The molecule has 1 atom stereocenters. The van der Waals surface area contributed by atoms with E-state index in [2.05, 4.69) is 5.10 Å². The van der Waals surface area contributed by atoms with Gasteiger partial charge in [0.1, 0.15) is 0 Å². The Hall–Kier alpha value is -1.04. The van der Waals surface area contributed by atoms with Gasteiger partial charge in [0.05, 0.1) is 18.4 Å². The lowest BCUT2D eigenvalue weighted by Gasteiger charge is -2.23. The van der Waals surface area contributed by atoms with Gasteiger partial charge in [0.2, 0.25) is 0 Å². The molecule has 1 aliphatic heterocycles. The first-order chi connectivity index (χ1) is 7.82. The second-order valence-electron chi connectivity index (χ2n) is 4.51. The molecule has 0 amide bonds. The number of alkyl halides is 3. The van der Waals surface area contributed by atoms with Gasteiger partial charge in [0.25, 0.3) is 0 Å². The van der Waals surface area contributed by atoms with E-state index in [0.717, 1.165) is 0 Å². The molecule has 0 saturated heterocycles. The Morgan fingerprint density at radius 1 is 1.41 bits per heavy atom. The van der Waals surface area contributed by atoms with Crippen LogP contribution >= 0.6 is 0 Å². The van der Waals surface area contributed by atoms with Gasteiger partial charge in [-0.15, -0.1) is 0 Å². The number of fused-ring (bicyclic) bond motifs is 1. The summed E-state index contributed by atoms with van der Waals surface area (Å²) in [5.41, 5.74) is 0.111. The van der Waals surface area contributed by atoms with Crippen LogP contribution in [-0.4, -0.2) is 16.4 Å². The fourth-order valence-electron chi connectivity index (χ4n) is 2.20. The summed E-state index contributed by atoms with van der Waals surface area (Å²) < 4.78 is 45.4. The summed E-state index contributed by atoms with van der Waals surface area (Å²) in [4.78, 5) is 0. The second-order valence-corrected chi connectivity index (χ2v) is 4.51. The van der Waals surface area contributed by atoms with Gasteiger partial charge in [0, 0.05) is 11.6 Å². The SMILES string of the molecule is CC1OCCc2c(C(F)(F)F)nn(C(C)C)c21. The summed E-state index contributed by atoms with van der Waals surface area (Å²) in [6.45, 7) is 5.71. The number of nitrogens with zero attached hydrogens (tertiary/aromatic N) is 2. The predicted molar refractivity (Wildman–Crippen MR) is 55.7 cm³/mol. The van der Waals surface area contributed by atoms with Gasteiger partial charge in [-0.25, -0.2) is 0 Å². The molecule has 0 radical (unpaired) electrons. The third kappa shape index (κ3) is 2.06. The van der Waals surface area contributed by atoms with Crippen molar-refractivity contribution in [1.29, 1.82) is 0 Å². The van der Waals surface area contributed by atoms with Crippen molar-refractivity contribution in [3.8, 4) is 0 Å². The molecule has 0 fully saturated rings. The normalized spacial score (nSPS) is 20.8. The summed E-state index contributed by atoms with van der Waals surface area (Å²) in [5.74, 6) is 0. The molecule has 6 heteroatoms. The summed E-state index contributed by atoms with van der Waals surface area (Å²) in [5, 5.41) is 3.72. The zero-order chi connectivity index (χ0) is 12.8. The topological polar surface area (TPSA) is 27.1 Å². The molecule has 0 bridgehead atoms. The third-order valence-corrected chi connectivity index (χ3v) is 2.91. The number of ether oxygens (including phenoxy) is 1. The van der Waals surface area contributed by atoms with E-state index in [0.29, 0.717) is 17.9 Å². The molecule has 1 aliphatic rings. The highest BCUT2D eigenvalue weighted by Crippen LogP contribution is 2.38. The van der Waals surface area contributed by atoms with Crippen LogP contribution in [0.25, 0.3) is 0 Å². The van der Waals surface area contributed by atoms with E-state index >= 15 is 0 Å². The fraction of sp³-hybridized carbons (Fsp3) is 0.727. The lowest BCUT2D eigenvalue weighted by Crippen LogP contribution is -2.19. The van der Waals surface area contributed by atoms with Gasteiger partial charge < -0.3 is 4.74 Å². The van der Waals surface area contributed by atoms with Crippen molar-refractivity contribution >= 4 is 0 Å². The fourth-order valence-corrected chi connectivity index (χ4v) is 2.20. The molecule has 0 N–H and O–H groups in total. The summed E-state index contributed by atoms with van der Waals surface area (Å²) in [6.07, 6.45) is -4.44.